The fourth-order valence-corrected chi connectivity index (χ4v) is 3.59. The summed E-state index contributed by atoms with van der Waals surface area (Å²) < 4.78 is 97.2. The van der Waals surface area contributed by atoms with E-state index in [-0.39, 0.29) is 29.0 Å². The van der Waals surface area contributed by atoms with Crippen molar-refractivity contribution in [1.29, 1.82) is 0 Å². The summed E-state index contributed by atoms with van der Waals surface area (Å²) in [5.74, 6) is -0.553. The zero-order valence-electron chi connectivity index (χ0n) is 19.4. The molecular weight excluding hydrogens is 533 g/mol. The van der Waals surface area contributed by atoms with Crippen LogP contribution in [0.2, 0.25) is 0 Å². The Balaban J connectivity index is 1.78. The van der Waals surface area contributed by atoms with Gasteiger partial charge in [0.1, 0.15) is 23.1 Å². The number of carbonyl (C=O) groups is 1. The van der Waals surface area contributed by atoms with Crippen LogP contribution in [-0.2, 0) is 27.5 Å². The molecule has 2 N–H and O–H groups in total. The van der Waals surface area contributed by atoms with Gasteiger partial charge in [0.25, 0.3) is 0 Å². The van der Waals surface area contributed by atoms with Crippen LogP contribution in [0.5, 0.6) is 11.6 Å². The number of alkyl halides is 3. The first-order valence-electron chi connectivity index (χ1n) is 10.5. The van der Waals surface area contributed by atoms with Crippen LogP contribution < -0.4 is 14.8 Å². The summed E-state index contributed by atoms with van der Waals surface area (Å²) in [6.45, 7) is -0.210. The molecule has 0 spiro atoms. The number of aromatic nitrogens is 1. The van der Waals surface area contributed by atoms with Crippen LogP contribution in [0.4, 0.5) is 27.6 Å². The number of terminal acetylenes is 1. The lowest BCUT2D eigenvalue weighted by Crippen LogP contribution is -2.20. The summed E-state index contributed by atoms with van der Waals surface area (Å²) in [5, 5.41) is 2.44. The molecule has 38 heavy (non-hydrogen) atoms. The van der Waals surface area contributed by atoms with Gasteiger partial charge in [-0.2, -0.15) is 13.2 Å². The van der Waals surface area contributed by atoms with Crippen molar-refractivity contribution >= 4 is 27.7 Å². The van der Waals surface area contributed by atoms with E-state index in [1.165, 1.54) is 18.2 Å². The summed E-state index contributed by atoms with van der Waals surface area (Å²) in [6.07, 6.45) is 3.53. The number of nitrogens with zero attached hydrogens (tertiary/aromatic N) is 1. The lowest BCUT2D eigenvalue weighted by molar-refractivity contribution is -0.141. The summed E-state index contributed by atoms with van der Waals surface area (Å²) in [6, 6.07) is 8.50. The van der Waals surface area contributed by atoms with Crippen molar-refractivity contribution in [3.05, 3.63) is 88.6 Å². The maximum Gasteiger partial charge on any atom is 0.433 e. The van der Waals surface area contributed by atoms with Gasteiger partial charge >= 0.3 is 6.18 Å². The second-order valence-corrected chi connectivity index (χ2v) is 9.46. The molecule has 1 aromatic heterocycles. The minimum absolute atomic E-state index is 0.00865. The Labute approximate surface area is 214 Å². The number of nitrogens with one attached hydrogen (secondary N) is 2. The van der Waals surface area contributed by atoms with Gasteiger partial charge in [0.15, 0.2) is 0 Å². The molecule has 0 radical (unpaired) electrons. The number of carbonyl (C=O) groups excluding carboxylic acids is 1. The molecule has 3 aromatic rings. The topological polar surface area (TPSA) is 97.4 Å². The van der Waals surface area contributed by atoms with Crippen molar-refractivity contribution < 1.29 is 39.9 Å². The van der Waals surface area contributed by atoms with Gasteiger partial charge in [-0.3, -0.25) is 9.52 Å². The normalized spacial score (nSPS) is 11.7. The van der Waals surface area contributed by atoms with Gasteiger partial charge in [0.05, 0.1) is 17.5 Å². The highest BCUT2D eigenvalue weighted by Gasteiger charge is 2.33. The van der Waals surface area contributed by atoms with Crippen LogP contribution in [0, 0.1) is 24.0 Å². The largest absolute Gasteiger partial charge is 0.438 e. The molecule has 3 rings (SSSR count). The molecule has 0 fully saturated rings. The number of hydrogen-bond acceptors (Lipinski definition) is 5. The molecule has 13 heteroatoms. The number of benzene rings is 2. The predicted octanol–water partition coefficient (Wildman–Crippen LogP) is 4.85. The van der Waals surface area contributed by atoms with E-state index < -0.39 is 51.0 Å². The second-order valence-electron chi connectivity index (χ2n) is 7.71. The summed E-state index contributed by atoms with van der Waals surface area (Å²) in [7, 11) is -3.80. The van der Waals surface area contributed by atoms with Gasteiger partial charge in [-0.1, -0.05) is 5.92 Å². The quantitative estimate of drug-likeness (QED) is 0.237. The van der Waals surface area contributed by atoms with Crippen molar-refractivity contribution in [2.75, 3.05) is 11.0 Å². The maximum atomic E-state index is 14.4. The molecule has 0 aliphatic heterocycles. The smallest absolute Gasteiger partial charge is 0.433 e. The van der Waals surface area contributed by atoms with Crippen molar-refractivity contribution in [2.24, 2.45) is 0 Å². The van der Waals surface area contributed by atoms with Gasteiger partial charge in [-0.05, 0) is 60.2 Å². The molecule has 0 saturated heterocycles. The van der Waals surface area contributed by atoms with Gasteiger partial charge in [0, 0.05) is 18.2 Å². The van der Waals surface area contributed by atoms with E-state index in [1.807, 2.05) is 4.72 Å². The van der Waals surface area contributed by atoms with Crippen LogP contribution >= 0.6 is 0 Å². The van der Waals surface area contributed by atoms with E-state index >= 15 is 0 Å². The zero-order valence-corrected chi connectivity index (χ0v) is 20.3. The fraction of sp³-hybridized carbons (Fsp3) is 0.120. The summed E-state index contributed by atoms with van der Waals surface area (Å²) in [5.41, 5.74) is -1.51. The van der Waals surface area contributed by atoms with Crippen LogP contribution in [0.1, 0.15) is 22.4 Å². The number of amides is 1. The first-order chi connectivity index (χ1) is 17.7. The molecule has 1 heterocycles. The van der Waals surface area contributed by atoms with Crippen molar-refractivity contribution in [3.63, 3.8) is 0 Å². The average molecular weight is 551 g/mol. The number of halogens is 5. The number of sulfonamides is 1. The Morgan fingerprint density at radius 3 is 2.42 bits per heavy atom. The highest BCUT2D eigenvalue weighted by molar-refractivity contribution is 7.92. The van der Waals surface area contributed by atoms with Gasteiger partial charge in [0.2, 0.25) is 21.8 Å². The number of pyridine rings is 1. The van der Waals surface area contributed by atoms with E-state index in [1.54, 1.807) is 0 Å². The number of ether oxygens (including phenoxy) is 1. The second kappa shape index (κ2) is 11.3. The van der Waals surface area contributed by atoms with E-state index in [2.05, 4.69) is 16.2 Å². The van der Waals surface area contributed by atoms with Crippen LogP contribution in [0.25, 0.3) is 6.08 Å². The van der Waals surface area contributed by atoms with E-state index in [0.717, 1.165) is 42.7 Å². The maximum absolute atomic E-state index is 14.4. The molecule has 1 amide bonds. The SMILES string of the molecule is C#Cc1cc(CNC(=O)/C=C\c2ccc(C(F)(F)F)nc2Oc2ccc(F)cc2)cc(F)c1NS(C)(=O)=O. The van der Waals surface area contributed by atoms with Crippen molar-refractivity contribution in [3.8, 4) is 24.0 Å². The number of anilines is 1. The Bertz CT molecular complexity index is 1530. The van der Waals surface area contributed by atoms with E-state index in [4.69, 9.17) is 11.2 Å². The van der Waals surface area contributed by atoms with Gasteiger partial charge < -0.3 is 10.1 Å². The minimum Gasteiger partial charge on any atom is -0.438 e. The highest BCUT2D eigenvalue weighted by Crippen LogP contribution is 2.32. The predicted molar refractivity (Wildman–Crippen MR) is 129 cm³/mol. The van der Waals surface area contributed by atoms with Crippen molar-refractivity contribution in [2.45, 2.75) is 12.7 Å². The molecule has 0 saturated carbocycles. The lowest BCUT2D eigenvalue weighted by atomic mass is 10.1. The van der Waals surface area contributed by atoms with Crippen LogP contribution in [0.15, 0.2) is 54.6 Å². The molecule has 0 bridgehead atoms. The molecule has 198 valence electrons. The first kappa shape index (κ1) is 28.1. The summed E-state index contributed by atoms with van der Waals surface area (Å²) >= 11 is 0. The molecule has 0 atom stereocenters. The Morgan fingerprint density at radius 1 is 1.13 bits per heavy atom. The molecule has 0 unspecified atom stereocenters. The van der Waals surface area contributed by atoms with Gasteiger partial charge in [-0.25, -0.2) is 22.2 Å². The Hall–Kier alpha value is -4.44. The van der Waals surface area contributed by atoms with Gasteiger partial charge in [-0.15, -0.1) is 6.42 Å². The average Bonchev–Trinajstić information content (AvgIpc) is 2.83. The lowest BCUT2D eigenvalue weighted by Gasteiger charge is -2.12. The third-order valence-corrected chi connectivity index (χ3v) is 5.26. The Kier molecular flexibility index (Phi) is 8.37. The van der Waals surface area contributed by atoms with Crippen molar-refractivity contribution in [1.82, 2.24) is 10.3 Å². The van der Waals surface area contributed by atoms with E-state index in [9.17, 15) is 35.2 Å². The summed E-state index contributed by atoms with van der Waals surface area (Å²) in [4.78, 5) is 15.8. The Morgan fingerprint density at radius 2 is 1.82 bits per heavy atom. The number of hydrogen-bond donors (Lipinski definition) is 2. The molecule has 7 nitrogen and oxygen atoms in total. The molecule has 0 aliphatic carbocycles. The zero-order chi connectivity index (χ0) is 28.1. The molecule has 0 aliphatic rings. The van der Waals surface area contributed by atoms with E-state index in [0.29, 0.717) is 6.07 Å². The third-order valence-electron chi connectivity index (χ3n) is 4.68. The number of rotatable bonds is 8. The standard InChI is InChI=1S/C25H18F5N3O4S/c1-3-16-12-15(13-20(27)23(16)33-38(2,35)36)14-31-22(34)11-5-17-4-10-21(25(28,29)30)32-24(17)37-19-8-6-18(26)7-9-19/h1,4-13,33H,14H2,2H3,(H,31,34)/b11-5-. The minimum atomic E-state index is -4.76. The third kappa shape index (κ3) is 7.78. The molecule has 2 aromatic carbocycles. The monoisotopic (exact) mass is 551 g/mol. The first-order valence-corrected chi connectivity index (χ1v) is 12.4. The fourth-order valence-electron chi connectivity index (χ4n) is 3.01. The highest BCUT2D eigenvalue weighted by atomic mass is 32.2. The molecular formula is C25H18F5N3O4S. The van der Waals surface area contributed by atoms with Crippen LogP contribution in [0.3, 0.4) is 0 Å². The van der Waals surface area contributed by atoms with Crippen LogP contribution in [-0.4, -0.2) is 25.6 Å².